The van der Waals surface area contributed by atoms with Crippen LogP contribution in [0.15, 0.2) is 6.07 Å². The molecular formula is C8H2F6INO2. The maximum Gasteiger partial charge on any atom is 0.574 e. The minimum absolute atomic E-state index is 0.212. The summed E-state index contributed by atoms with van der Waals surface area (Å²) in [5.74, 6) is -1.69. The zero-order valence-corrected chi connectivity index (χ0v) is 10.2. The number of carbonyl (C=O) groups is 1. The SMILES string of the molecule is O=Cc1cc(I)nc(OC(F)(F)F)c1C(F)(F)F. The summed E-state index contributed by atoms with van der Waals surface area (Å²) in [6.45, 7) is 0. The fourth-order valence-electron chi connectivity index (χ4n) is 1.07. The summed E-state index contributed by atoms with van der Waals surface area (Å²) in [5.41, 5.74) is -2.82. The largest absolute Gasteiger partial charge is 0.574 e. The van der Waals surface area contributed by atoms with Crippen molar-refractivity contribution in [3.63, 3.8) is 0 Å². The molecule has 0 aliphatic carbocycles. The molecule has 0 saturated carbocycles. The van der Waals surface area contributed by atoms with Crippen LogP contribution < -0.4 is 4.74 Å². The molecule has 100 valence electrons. The van der Waals surface area contributed by atoms with Gasteiger partial charge in [0.2, 0.25) is 5.88 Å². The zero-order valence-electron chi connectivity index (χ0n) is 8.06. The molecule has 0 bridgehead atoms. The first-order valence-electron chi connectivity index (χ1n) is 4.03. The Labute approximate surface area is 109 Å². The molecule has 1 heterocycles. The number of carbonyl (C=O) groups excluding carboxylic acids is 1. The Bertz CT molecular complexity index is 470. The quantitative estimate of drug-likeness (QED) is 0.339. The molecular weight excluding hydrogens is 383 g/mol. The van der Waals surface area contributed by atoms with Gasteiger partial charge < -0.3 is 4.74 Å². The van der Waals surface area contributed by atoms with Crippen molar-refractivity contribution in [2.24, 2.45) is 0 Å². The molecule has 0 amide bonds. The number of halogens is 7. The molecule has 0 atom stereocenters. The number of nitrogens with zero attached hydrogens (tertiary/aromatic N) is 1. The number of alkyl halides is 6. The lowest BCUT2D eigenvalue weighted by molar-refractivity contribution is -0.278. The number of aldehydes is 1. The van der Waals surface area contributed by atoms with E-state index >= 15 is 0 Å². The van der Waals surface area contributed by atoms with E-state index in [9.17, 15) is 31.1 Å². The van der Waals surface area contributed by atoms with Gasteiger partial charge in [0.15, 0.2) is 6.29 Å². The minimum Gasteiger partial charge on any atom is -0.387 e. The summed E-state index contributed by atoms with van der Waals surface area (Å²) in [5, 5.41) is 0. The molecule has 0 saturated heterocycles. The van der Waals surface area contributed by atoms with Crippen molar-refractivity contribution in [2.45, 2.75) is 12.5 Å². The molecule has 0 aliphatic heterocycles. The Kier molecular flexibility index (Phi) is 4.08. The van der Waals surface area contributed by atoms with Crippen molar-refractivity contribution < 1.29 is 35.9 Å². The number of ether oxygens (including phenoxy) is 1. The molecule has 1 aromatic heterocycles. The van der Waals surface area contributed by atoms with E-state index in [2.05, 4.69) is 9.72 Å². The van der Waals surface area contributed by atoms with Gasteiger partial charge in [-0.15, -0.1) is 13.2 Å². The molecule has 0 fully saturated rings. The Hall–Kier alpha value is -1.07. The van der Waals surface area contributed by atoms with Crippen molar-refractivity contribution in [1.82, 2.24) is 4.98 Å². The average molecular weight is 385 g/mol. The highest BCUT2D eigenvalue weighted by atomic mass is 127. The first kappa shape index (κ1) is 15.0. The van der Waals surface area contributed by atoms with Gasteiger partial charge in [0.1, 0.15) is 9.26 Å². The number of rotatable bonds is 2. The number of hydrogen-bond donors (Lipinski definition) is 0. The second kappa shape index (κ2) is 4.90. The third kappa shape index (κ3) is 3.71. The third-order valence-electron chi connectivity index (χ3n) is 1.61. The summed E-state index contributed by atoms with van der Waals surface area (Å²) in [7, 11) is 0. The lowest BCUT2D eigenvalue weighted by atomic mass is 10.1. The van der Waals surface area contributed by atoms with Crippen LogP contribution in [0.25, 0.3) is 0 Å². The van der Waals surface area contributed by atoms with Crippen molar-refractivity contribution in [3.8, 4) is 5.88 Å². The number of aromatic nitrogens is 1. The maximum atomic E-state index is 12.6. The van der Waals surface area contributed by atoms with Crippen LogP contribution in [0.3, 0.4) is 0 Å². The van der Waals surface area contributed by atoms with E-state index in [1.165, 1.54) is 22.6 Å². The van der Waals surface area contributed by atoms with E-state index < -0.39 is 29.5 Å². The lowest BCUT2D eigenvalue weighted by Gasteiger charge is -2.15. The Morgan fingerprint density at radius 2 is 1.78 bits per heavy atom. The standard InChI is InChI=1S/C8H2F6INO2/c9-7(10,11)5-3(2-17)1-4(15)16-6(5)18-8(12,13)14/h1-2H. The van der Waals surface area contributed by atoms with Crippen LogP contribution >= 0.6 is 22.6 Å². The summed E-state index contributed by atoms with van der Waals surface area (Å²) in [6.07, 6.45) is -10.7. The van der Waals surface area contributed by atoms with Gasteiger partial charge >= 0.3 is 12.5 Å². The summed E-state index contributed by atoms with van der Waals surface area (Å²) in [6, 6.07) is 0.708. The van der Waals surface area contributed by atoms with Gasteiger partial charge in [-0.1, -0.05) is 0 Å². The summed E-state index contributed by atoms with van der Waals surface area (Å²) >= 11 is 1.37. The smallest absolute Gasteiger partial charge is 0.387 e. The fraction of sp³-hybridized carbons (Fsp3) is 0.250. The molecule has 18 heavy (non-hydrogen) atoms. The highest BCUT2D eigenvalue weighted by Crippen LogP contribution is 2.39. The van der Waals surface area contributed by atoms with E-state index in [0.717, 1.165) is 0 Å². The van der Waals surface area contributed by atoms with E-state index in [4.69, 9.17) is 0 Å². The van der Waals surface area contributed by atoms with Crippen LogP contribution in [0.5, 0.6) is 5.88 Å². The van der Waals surface area contributed by atoms with Crippen LogP contribution in [-0.4, -0.2) is 17.6 Å². The normalized spacial score (nSPS) is 12.4. The minimum atomic E-state index is -5.34. The Balaban J connectivity index is 3.48. The number of pyridine rings is 1. The molecule has 0 N–H and O–H groups in total. The van der Waals surface area contributed by atoms with Crippen molar-refractivity contribution >= 4 is 28.9 Å². The van der Waals surface area contributed by atoms with Gasteiger partial charge in [-0.25, -0.2) is 4.98 Å². The van der Waals surface area contributed by atoms with Crippen molar-refractivity contribution in [3.05, 3.63) is 20.9 Å². The van der Waals surface area contributed by atoms with E-state index in [0.29, 0.717) is 6.07 Å². The molecule has 1 rings (SSSR count). The summed E-state index contributed by atoms with van der Waals surface area (Å²) in [4.78, 5) is 13.5. The molecule has 0 unspecified atom stereocenters. The monoisotopic (exact) mass is 385 g/mol. The summed E-state index contributed by atoms with van der Waals surface area (Å²) < 4.78 is 76.5. The van der Waals surface area contributed by atoms with Crippen LogP contribution in [-0.2, 0) is 6.18 Å². The van der Waals surface area contributed by atoms with Crippen molar-refractivity contribution in [1.29, 1.82) is 0 Å². The van der Waals surface area contributed by atoms with Gasteiger partial charge in [-0.3, -0.25) is 4.79 Å². The molecule has 10 heteroatoms. The lowest BCUT2D eigenvalue weighted by Crippen LogP contribution is -2.22. The van der Waals surface area contributed by atoms with Gasteiger partial charge in [0.05, 0.1) is 0 Å². The predicted octanol–water partition coefficient (Wildman–Crippen LogP) is 3.42. The molecule has 0 aliphatic rings. The Morgan fingerprint density at radius 3 is 2.17 bits per heavy atom. The highest BCUT2D eigenvalue weighted by Gasteiger charge is 2.42. The van der Waals surface area contributed by atoms with Crippen molar-refractivity contribution in [2.75, 3.05) is 0 Å². The van der Waals surface area contributed by atoms with Crippen LogP contribution in [0.4, 0.5) is 26.3 Å². The first-order valence-corrected chi connectivity index (χ1v) is 5.11. The highest BCUT2D eigenvalue weighted by molar-refractivity contribution is 14.1. The van der Waals surface area contributed by atoms with Crippen LogP contribution in [0.1, 0.15) is 15.9 Å². The zero-order chi connectivity index (χ0) is 14.1. The van der Waals surface area contributed by atoms with Crippen LogP contribution in [0.2, 0.25) is 0 Å². The van der Waals surface area contributed by atoms with Gasteiger partial charge in [-0.2, -0.15) is 13.2 Å². The van der Waals surface area contributed by atoms with E-state index in [1.807, 2.05) is 0 Å². The number of hydrogen-bond acceptors (Lipinski definition) is 3. The van der Waals surface area contributed by atoms with Gasteiger partial charge in [0, 0.05) is 5.56 Å². The molecule has 0 aromatic carbocycles. The average Bonchev–Trinajstić information content (AvgIpc) is 2.11. The van der Waals surface area contributed by atoms with E-state index in [-0.39, 0.29) is 9.99 Å². The predicted molar refractivity (Wildman–Crippen MR) is 54.0 cm³/mol. The fourth-order valence-corrected chi connectivity index (χ4v) is 1.63. The van der Waals surface area contributed by atoms with Gasteiger partial charge in [-0.05, 0) is 28.7 Å². The molecule has 0 spiro atoms. The Morgan fingerprint density at radius 1 is 1.22 bits per heavy atom. The van der Waals surface area contributed by atoms with E-state index in [1.54, 1.807) is 0 Å². The van der Waals surface area contributed by atoms with Gasteiger partial charge in [0.25, 0.3) is 0 Å². The second-order valence-electron chi connectivity index (χ2n) is 2.88. The third-order valence-corrected chi connectivity index (χ3v) is 2.16. The second-order valence-corrected chi connectivity index (χ2v) is 3.98. The van der Waals surface area contributed by atoms with Crippen LogP contribution in [0, 0.1) is 3.70 Å². The molecule has 0 radical (unpaired) electrons. The molecule has 3 nitrogen and oxygen atoms in total. The first-order chi connectivity index (χ1) is 8.04. The molecule has 1 aromatic rings. The topological polar surface area (TPSA) is 39.2 Å². The maximum absolute atomic E-state index is 12.6.